The zero-order valence-corrected chi connectivity index (χ0v) is 11.6. The second kappa shape index (κ2) is 5.61. The van der Waals surface area contributed by atoms with E-state index in [-0.39, 0.29) is 23.9 Å². The summed E-state index contributed by atoms with van der Waals surface area (Å²) < 4.78 is 0. The predicted molar refractivity (Wildman–Crippen MR) is 72.5 cm³/mol. The quantitative estimate of drug-likeness (QED) is 0.588. The third kappa shape index (κ3) is 2.99. The van der Waals surface area contributed by atoms with Gasteiger partial charge in [0.1, 0.15) is 0 Å². The summed E-state index contributed by atoms with van der Waals surface area (Å²) in [4.78, 5) is 25.4. The van der Waals surface area contributed by atoms with E-state index in [1.807, 2.05) is 0 Å². The number of amides is 2. The number of rotatable bonds is 6. The molecule has 0 aromatic rings. The lowest BCUT2D eigenvalue weighted by Gasteiger charge is -2.15. The molecular formula is C15H24N2O2. The van der Waals surface area contributed by atoms with Gasteiger partial charge in [0, 0.05) is 6.04 Å². The fraction of sp³-hybridized carbons (Fsp3) is 0.867. The van der Waals surface area contributed by atoms with Crippen LogP contribution in [-0.4, -0.2) is 35.3 Å². The highest BCUT2D eigenvalue weighted by Crippen LogP contribution is 2.31. The highest BCUT2D eigenvalue weighted by atomic mass is 16.2. The average Bonchev–Trinajstić information content (AvgIpc) is 2.99. The van der Waals surface area contributed by atoms with E-state index in [9.17, 15) is 9.59 Å². The lowest BCUT2D eigenvalue weighted by Crippen LogP contribution is -2.40. The maximum absolute atomic E-state index is 12.1. The highest BCUT2D eigenvalue weighted by Gasteiger charge is 2.45. The summed E-state index contributed by atoms with van der Waals surface area (Å²) in [5.74, 6) is 0.958. The average molecular weight is 264 g/mol. The van der Waals surface area contributed by atoms with Crippen LogP contribution >= 0.6 is 0 Å². The maximum Gasteiger partial charge on any atom is 0.247 e. The molecular weight excluding hydrogens is 240 g/mol. The van der Waals surface area contributed by atoms with Crippen molar-refractivity contribution in [3.8, 4) is 0 Å². The summed E-state index contributed by atoms with van der Waals surface area (Å²) in [6, 6.07) is -0.0121. The minimum atomic E-state index is -0.239. The lowest BCUT2D eigenvalue weighted by molar-refractivity contribution is -0.139. The molecule has 2 aliphatic carbocycles. The summed E-state index contributed by atoms with van der Waals surface area (Å²) in [5.41, 5.74) is 0. The number of carbonyl (C=O) groups excluding carboxylic acids is 2. The summed E-state index contributed by atoms with van der Waals surface area (Å²) in [6.45, 7) is 0.874. The van der Waals surface area contributed by atoms with Crippen LogP contribution in [0.4, 0.5) is 0 Å². The van der Waals surface area contributed by atoms with Crippen molar-refractivity contribution in [2.45, 2.75) is 69.9 Å². The van der Waals surface area contributed by atoms with E-state index in [0.29, 0.717) is 6.42 Å². The number of nitrogens with zero attached hydrogens (tertiary/aromatic N) is 1. The Morgan fingerprint density at radius 1 is 1.11 bits per heavy atom. The molecule has 0 aromatic heterocycles. The van der Waals surface area contributed by atoms with Crippen LogP contribution in [0.5, 0.6) is 0 Å². The molecule has 0 spiro atoms. The van der Waals surface area contributed by atoms with Crippen LogP contribution < -0.4 is 5.32 Å². The first-order chi connectivity index (χ1) is 9.25. The molecule has 4 heteroatoms. The Balaban J connectivity index is 1.38. The van der Waals surface area contributed by atoms with E-state index in [1.165, 1.54) is 37.0 Å². The number of hydrogen-bond acceptors (Lipinski definition) is 3. The van der Waals surface area contributed by atoms with Gasteiger partial charge in [0.25, 0.3) is 0 Å². The van der Waals surface area contributed by atoms with Crippen LogP contribution in [0.25, 0.3) is 0 Å². The maximum atomic E-state index is 12.1. The monoisotopic (exact) mass is 264 g/mol. The van der Waals surface area contributed by atoms with Crippen LogP contribution in [0.2, 0.25) is 0 Å². The fourth-order valence-electron chi connectivity index (χ4n) is 3.49. The van der Waals surface area contributed by atoms with Crippen LogP contribution in [0.15, 0.2) is 0 Å². The van der Waals surface area contributed by atoms with Crippen molar-refractivity contribution in [3.63, 3.8) is 0 Å². The molecule has 0 aromatic carbocycles. The number of likely N-dealkylation sites (tertiary alicyclic amines) is 1. The first-order valence-electron chi connectivity index (χ1n) is 7.85. The van der Waals surface area contributed by atoms with Crippen LogP contribution in [0.3, 0.4) is 0 Å². The molecule has 3 rings (SSSR count). The SMILES string of the molecule is O=C1CC(NCCCC2CCCC2)C(=O)N1C1CC1. The number of carbonyl (C=O) groups is 2. The second-order valence-corrected chi connectivity index (χ2v) is 6.34. The lowest BCUT2D eigenvalue weighted by atomic mass is 10.0. The van der Waals surface area contributed by atoms with Crippen molar-refractivity contribution >= 4 is 11.8 Å². The first kappa shape index (κ1) is 13.1. The predicted octanol–water partition coefficient (Wildman–Crippen LogP) is 1.84. The van der Waals surface area contributed by atoms with Gasteiger partial charge in [-0.15, -0.1) is 0 Å². The number of hydrogen-bond donors (Lipinski definition) is 1. The molecule has 2 amide bonds. The molecule has 1 aliphatic heterocycles. The van der Waals surface area contributed by atoms with Gasteiger partial charge in [-0.25, -0.2) is 0 Å². The molecule has 106 valence electrons. The molecule has 3 fully saturated rings. The van der Waals surface area contributed by atoms with E-state index in [4.69, 9.17) is 0 Å². The van der Waals surface area contributed by atoms with E-state index >= 15 is 0 Å². The molecule has 1 atom stereocenters. The van der Waals surface area contributed by atoms with Gasteiger partial charge in [-0.1, -0.05) is 25.7 Å². The Morgan fingerprint density at radius 2 is 1.84 bits per heavy atom. The van der Waals surface area contributed by atoms with E-state index in [1.54, 1.807) is 0 Å². The van der Waals surface area contributed by atoms with Gasteiger partial charge in [0.15, 0.2) is 0 Å². The van der Waals surface area contributed by atoms with Crippen molar-refractivity contribution in [3.05, 3.63) is 0 Å². The largest absolute Gasteiger partial charge is 0.305 e. The molecule has 19 heavy (non-hydrogen) atoms. The van der Waals surface area contributed by atoms with E-state index < -0.39 is 0 Å². The first-order valence-corrected chi connectivity index (χ1v) is 7.85. The third-order valence-corrected chi connectivity index (χ3v) is 4.75. The Morgan fingerprint density at radius 3 is 2.53 bits per heavy atom. The second-order valence-electron chi connectivity index (χ2n) is 6.34. The van der Waals surface area contributed by atoms with Gasteiger partial charge in [-0.2, -0.15) is 0 Å². The minimum absolute atomic E-state index is 0.0216. The summed E-state index contributed by atoms with van der Waals surface area (Å²) in [5, 5.41) is 3.29. The summed E-state index contributed by atoms with van der Waals surface area (Å²) in [6.07, 6.45) is 10.3. The molecule has 1 unspecified atom stereocenters. The number of nitrogens with one attached hydrogen (secondary N) is 1. The Kier molecular flexibility index (Phi) is 3.87. The van der Waals surface area contributed by atoms with Gasteiger partial charge in [-0.05, 0) is 38.1 Å². The van der Waals surface area contributed by atoms with Crippen molar-refractivity contribution < 1.29 is 9.59 Å². The normalized spacial score (nSPS) is 28.6. The van der Waals surface area contributed by atoms with Crippen LogP contribution in [0.1, 0.15) is 57.8 Å². The van der Waals surface area contributed by atoms with Gasteiger partial charge in [-0.3, -0.25) is 14.5 Å². The van der Waals surface area contributed by atoms with Crippen molar-refractivity contribution in [2.75, 3.05) is 6.54 Å². The summed E-state index contributed by atoms with van der Waals surface area (Å²) in [7, 11) is 0. The van der Waals surface area contributed by atoms with Gasteiger partial charge < -0.3 is 5.32 Å². The van der Waals surface area contributed by atoms with Gasteiger partial charge >= 0.3 is 0 Å². The van der Waals surface area contributed by atoms with Crippen LogP contribution in [0, 0.1) is 5.92 Å². The topological polar surface area (TPSA) is 49.4 Å². The Hall–Kier alpha value is -0.900. The van der Waals surface area contributed by atoms with Crippen molar-refractivity contribution in [2.24, 2.45) is 5.92 Å². The molecule has 0 bridgehead atoms. The van der Waals surface area contributed by atoms with Crippen molar-refractivity contribution in [1.29, 1.82) is 0 Å². The Bertz CT molecular complexity index is 359. The van der Waals surface area contributed by atoms with E-state index in [0.717, 1.165) is 31.7 Å². The molecule has 2 saturated carbocycles. The molecule has 0 radical (unpaired) electrons. The fourth-order valence-corrected chi connectivity index (χ4v) is 3.49. The Labute approximate surface area is 114 Å². The molecule has 3 aliphatic rings. The van der Waals surface area contributed by atoms with Gasteiger partial charge in [0.2, 0.25) is 11.8 Å². The standard InChI is InChI=1S/C15H24N2O2/c18-14-10-13(15(19)17(14)12-7-8-12)16-9-3-6-11-4-1-2-5-11/h11-13,16H,1-10H2. The summed E-state index contributed by atoms with van der Waals surface area (Å²) >= 11 is 0. The third-order valence-electron chi connectivity index (χ3n) is 4.75. The molecule has 1 N–H and O–H groups in total. The number of imide groups is 1. The van der Waals surface area contributed by atoms with Crippen LogP contribution in [-0.2, 0) is 9.59 Å². The smallest absolute Gasteiger partial charge is 0.247 e. The zero-order valence-electron chi connectivity index (χ0n) is 11.6. The van der Waals surface area contributed by atoms with E-state index in [2.05, 4.69) is 5.32 Å². The van der Waals surface area contributed by atoms with Gasteiger partial charge in [0.05, 0.1) is 12.5 Å². The zero-order chi connectivity index (χ0) is 13.2. The van der Waals surface area contributed by atoms with Crippen molar-refractivity contribution in [1.82, 2.24) is 10.2 Å². The molecule has 4 nitrogen and oxygen atoms in total. The highest BCUT2D eigenvalue weighted by molar-refractivity contribution is 6.06. The minimum Gasteiger partial charge on any atom is -0.305 e. The molecule has 1 saturated heterocycles. The molecule has 1 heterocycles.